The van der Waals surface area contributed by atoms with Gasteiger partial charge >= 0.3 is 10.2 Å². The van der Waals surface area contributed by atoms with E-state index >= 15 is 0 Å². The first-order chi connectivity index (χ1) is 11.1. The quantitative estimate of drug-likeness (QED) is 0.810. The van der Waals surface area contributed by atoms with E-state index in [-0.39, 0.29) is 6.10 Å². The second-order valence-electron chi connectivity index (χ2n) is 5.86. The van der Waals surface area contributed by atoms with E-state index < -0.39 is 10.2 Å². The van der Waals surface area contributed by atoms with Gasteiger partial charge in [0.25, 0.3) is 0 Å². The average molecular weight is 330 g/mol. The van der Waals surface area contributed by atoms with E-state index in [0.717, 1.165) is 24.3 Å². The van der Waals surface area contributed by atoms with Crippen LogP contribution in [0.1, 0.15) is 12.0 Å². The number of hydrogen-bond donors (Lipinski definition) is 0. The minimum absolute atomic E-state index is 0.199. The van der Waals surface area contributed by atoms with Gasteiger partial charge in [0, 0.05) is 6.54 Å². The summed E-state index contributed by atoms with van der Waals surface area (Å²) in [5, 5.41) is 0. The van der Waals surface area contributed by atoms with Crippen LogP contribution in [0.25, 0.3) is 0 Å². The van der Waals surface area contributed by atoms with Gasteiger partial charge in [-0.25, -0.2) is 4.31 Å². The molecule has 0 radical (unpaired) electrons. The summed E-state index contributed by atoms with van der Waals surface area (Å²) < 4.78 is 34.5. The molecule has 2 aromatic carbocycles. The monoisotopic (exact) mass is 330 g/mol. The summed E-state index contributed by atoms with van der Waals surface area (Å²) in [5.74, 6) is 0. The summed E-state index contributed by atoms with van der Waals surface area (Å²) in [6, 6.07) is 15.0. The van der Waals surface area contributed by atoms with Crippen molar-refractivity contribution in [1.82, 2.24) is 0 Å². The highest BCUT2D eigenvalue weighted by molar-refractivity contribution is 7.95. The summed E-state index contributed by atoms with van der Waals surface area (Å²) in [5.41, 5.74) is 3.07. The molecule has 1 fully saturated rings. The fourth-order valence-corrected chi connectivity index (χ4v) is 4.76. The number of anilines is 3. The van der Waals surface area contributed by atoms with Crippen LogP contribution in [0.15, 0.2) is 48.5 Å². The van der Waals surface area contributed by atoms with Gasteiger partial charge in [0.2, 0.25) is 0 Å². The van der Waals surface area contributed by atoms with E-state index in [4.69, 9.17) is 4.74 Å². The maximum atomic E-state index is 13.1. The Morgan fingerprint density at radius 1 is 1.04 bits per heavy atom. The van der Waals surface area contributed by atoms with Crippen molar-refractivity contribution >= 4 is 27.3 Å². The van der Waals surface area contributed by atoms with Gasteiger partial charge < -0.3 is 4.74 Å². The lowest BCUT2D eigenvalue weighted by Crippen LogP contribution is -2.36. The van der Waals surface area contributed by atoms with Gasteiger partial charge in [-0.05, 0) is 37.1 Å². The van der Waals surface area contributed by atoms with Crippen molar-refractivity contribution in [3.63, 3.8) is 0 Å². The first kappa shape index (κ1) is 14.5. The van der Waals surface area contributed by atoms with Crippen LogP contribution in [0.3, 0.4) is 0 Å². The van der Waals surface area contributed by atoms with Crippen LogP contribution in [0.4, 0.5) is 17.1 Å². The third-order valence-electron chi connectivity index (χ3n) is 4.27. The number of nitrogens with zero attached hydrogens (tertiary/aromatic N) is 2. The molecule has 0 aliphatic carbocycles. The van der Waals surface area contributed by atoms with Crippen molar-refractivity contribution in [1.29, 1.82) is 0 Å². The summed E-state index contributed by atoms with van der Waals surface area (Å²) in [4.78, 5) is 0. The number of hydrogen-bond acceptors (Lipinski definition) is 3. The largest absolute Gasteiger partial charge is 0.373 e. The first-order valence-electron chi connectivity index (χ1n) is 7.68. The molecule has 0 spiro atoms. The van der Waals surface area contributed by atoms with Crippen molar-refractivity contribution in [2.75, 3.05) is 21.8 Å². The normalized spacial score (nSPS) is 21.3. The molecule has 5 nitrogen and oxygen atoms in total. The van der Waals surface area contributed by atoms with Crippen LogP contribution in [0.5, 0.6) is 0 Å². The summed E-state index contributed by atoms with van der Waals surface area (Å²) in [7, 11) is -3.62. The van der Waals surface area contributed by atoms with Crippen molar-refractivity contribution in [3.05, 3.63) is 54.1 Å². The first-order valence-corrected chi connectivity index (χ1v) is 9.08. The number of epoxide rings is 1. The van der Waals surface area contributed by atoms with Crippen LogP contribution < -0.4 is 8.61 Å². The molecule has 0 bridgehead atoms. The maximum Gasteiger partial charge on any atom is 0.330 e. The Kier molecular flexibility index (Phi) is 3.32. The van der Waals surface area contributed by atoms with Crippen molar-refractivity contribution in [3.8, 4) is 0 Å². The molecule has 23 heavy (non-hydrogen) atoms. The van der Waals surface area contributed by atoms with Gasteiger partial charge in [0.15, 0.2) is 0 Å². The average Bonchev–Trinajstić information content (AvgIpc) is 3.31. The summed E-state index contributed by atoms with van der Waals surface area (Å²) >= 11 is 0. The summed E-state index contributed by atoms with van der Waals surface area (Å²) in [6.07, 6.45) is 0.916. The molecule has 1 saturated heterocycles. The zero-order chi connectivity index (χ0) is 16.0. The molecule has 1 atom stereocenters. The molecule has 6 heteroatoms. The van der Waals surface area contributed by atoms with Crippen LogP contribution >= 0.6 is 0 Å². The number of aryl methyl sites for hydroxylation is 1. The molecular weight excluding hydrogens is 312 g/mol. The number of benzene rings is 2. The molecule has 2 aromatic rings. The Hall–Kier alpha value is -2.05. The molecular formula is C17H18N2O3S. The lowest BCUT2D eigenvalue weighted by atomic mass is 10.2. The predicted octanol–water partition coefficient (Wildman–Crippen LogP) is 2.99. The van der Waals surface area contributed by atoms with E-state index in [1.54, 1.807) is 0 Å². The highest BCUT2D eigenvalue weighted by Crippen LogP contribution is 2.46. The highest BCUT2D eigenvalue weighted by atomic mass is 32.2. The Bertz CT molecular complexity index is 846. The van der Waals surface area contributed by atoms with Crippen LogP contribution in [-0.2, 0) is 14.9 Å². The zero-order valence-corrected chi connectivity index (χ0v) is 13.7. The van der Waals surface area contributed by atoms with Crippen LogP contribution in [0, 0.1) is 6.92 Å². The van der Waals surface area contributed by atoms with Gasteiger partial charge in [-0.2, -0.15) is 8.42 Å². The van der Waals surface area contributed by atoms with E-state index in [1.165, 1.54) is 8.61 Å². The molecule has 0 amide bonds. The fourth-order valence-electron chi connectivity index (χ4n) is 2.97. The summed E-state index contributed by atoms with van der Waals surface area (Å²) in [6.45, 7) is 3.09. The second kappa shape index (κ2) is 5.25. The molecule has 0 unspecified atom stereocenters. The highest BCUT2D eigenvalue weighted by Gasteiger charge is 2.42. The van der Waals surface area contributed by atoms with Gasteiger partial charge in [-0.1, -0.05) is 30.3 Å². The molecule has 2 aliphatic heterocycles. The topological polar surface area (TPSA) is 53.1 Å². The minimum atomic E-state index is -3.62. The Labute approximate surface area is 136 Å². The predicted molar refractivity (Wildman–Crippen MR) is 90.4 cm³/mol. The van der Waals surface area contributed by atoms with E-state index in [9.17, 15) is 8.42 Å². The van der Waals surface area contributed by atoms with Gasteiger partial charge in [0.05, 0.1) is 29.8 Å². The number of para-hydroxylation sites is 3. The molecule has 0 N–H and O–H groups in total. The molecule has 0 aromatic heterocycles. The maximum absolute atomic E-state index is 13.1. The molecule has 2 aliphatic rings. The molecule has 0 saturated carbocycles. The SMILES string of the molecule is Cc1ccccc1N1c2ccccc2N(CC[C@H]2CO2)S1(=O)=O. The van der Waals surface area contributed by atoms with Gasteiger partial charge in [-0.15, -0.1) is 0 Å². The Morgan fingerprint density at radius 3 is 2.30 bits per heavy atom. The number of rotatable bonds is 4. The third kappa shape index (κ3) is 2.38. The Balaban J connectivity index is 1.81. The van der Waals surface area contributed by atoms with Crippen LogP contribution in [-0.4, -0.2) is 27.7 Å². The molecule has 2 heterocycles. The molecule has 120 valence electrons. The third-order valence-corrected chi connectivity index (χ3v) is 6.06. The minimum Gasteiger partial charge on any atom is -0.373 e. The van der Waals surface area contributed by atoms with Gasteiger partial charge in [0.1, 0.15) is 0 Å². The fraction of sp³-hybridized carbons (Fsp3) is 0.294. The number of ether oxygens (including phenoxy) is 1. The lowest BCUT2D eigenvalue weighted by molar-refractivity contribution is 0.399. The smallest absolute Gasteiger partial charge is 0.330 e. The van der Waals surface area contributed by atoms with Crippen molar-refractivity contribution < 1.29 is 13.2 Å². The van der Waals surface area contributed by atoms with Crippen molar-refractivity contribution in [2.24, 2.45) is 0 Å². The zero-order valence-electron chi connectivity index (χ0n) is 12.8. The second-order valence-corrected chi connectivity index (χ2v) is 7.57. The van der Waals surface area contributed by atoms with Crippen molar-refractivity contribution in [2.45, 2.75) is 19.4 Å². The van der Waals surface area contributed by atoms with Gasteiger partial charge in [-0.3, -0.25) is 4.31 Å². The Morgan fingerprint density at radius 2 is 1.65 bits per heavy atom. The van der Waals surface area contributed by atoms with E-state index in [1.807, 2.05) is 55.5 Å². The van der Waals surface area contributed by atoms with E-state index in [2.05, 4.69) is 0 Å². The van der Waals surface area contributed by atoms with Crippen LogP contribution in [0.2, 0.25) is 0 Å². The van der Waals surface area contributed by atoms with E-state index in [0.29, 0.717) is 17.9 Å². The molecule has 4 rings (SSSR count). The lowest BCUT2D eigenvalue weighted by Gasteiger charge is -2.22. The number of fused-ring (bicyclic) bond motifs is 1. The standard InChI is InChI=1S/C17H18N2O3S/c1-13-6-2-3-7-15(13)19-17-9-5-4-8-16(17)18(23(19,20)21)11-10-14-12-22-14/h2-9,14H,10-12H2,1H3/t14-/m0/s1.